The summed E-state index contributed by atoms with van der Waals surface area (Å²) < 4.78 is 11.6. The first-order valence-corrected chi connectivity index (χ1v) is 13.4. The zero-order valence-electron chi connectivity index (χ0n) is 21.9. The molecule has 9 nitrogen and oxygen atoms in total. The maximum Gasteiger partial charge on any atom is 0.236 e. The average Bonchev–Trinajstić information content (AvgIpc) is 2.93. The van der Waals surface area contributed by atoms with E-state index in [1.54, 1.807) is 0 Å². The Balaban J connectivity index is 0.00000200. The first-order chi connectivity index (χ1) is 17.7. The Kier molecular flexibility index (Phi) is 12.0. The Morgan fingerprint density at radius 1 is 0.974 bits per heavy atom. The lowest BCUT2D eigenvalue weighted by Gasteiger charge is -2.38. The van der Waals surface area contributed by atoms with Crippen LogP contribution in [-0.4, -0.2) is 100 Å². The largest absolute Gasteiger partial charge is 0.489 e. The lowest BCUT2D eigenvalue weighted by atomic mass is 9.82. The van der Waals surface area contributed by atoms with E-state index in [1.165, 1.54) is 5.69 Å². The summed E-state index contributed by atoms with van der Waals surface area (Å²) >= 11 is 0. The topological polar surface area (TPSA) is 86.4 Å². The van der Waals surface area contributed by atoms with Gasteiger partial charge in [0.05, 0.1) is 19.8 Å². The van der Waals surface area contributed by atoms with Crippen molar-refractivity contribution in [3.8, 4) is 5.75 Å². The predicted molar refractivity (Wildman–Crippen MR) is 153 cm³/mol. The summed E-state index contributed by atoms with van der Waals surface area (Å²) in [5.41, 5.74) is 2.26. The molecule has 11 heteroatoms. The average molecular weight is 571 g/mol. The lowest BCUT2D eigenvalue weighted by Crippen LogP contribution is -2.48. The van der Waals surface area contributed by atoms with Gasteiger partial charge in [0.2, 0.25) is 11.8 Å². The number of hydrogen-bond donors (Lipinski definition) is 2. The molecule has 0 spiro atoms. The minimum absolute atomic E-state index is 0. The van der Waals surface area contributed by atoms with E-state index in [2.05, 4.69) is 45.9 Å². The fraction of sp³-hybridized carbons (Fsp3) is 0.630. The van der Waals surface area contributed by atoms with Crippen LogP contribution >= 0.6 is 24.8 Å². The molecule has 5 rings (SSSR count). The quantitative estimate of drug-likeness (QED) is 0.536. The van der Waals surface area contributed by atoms with E-state index in [4.69, 9.17) is 9.47 Å². The zero-order chi connectivity index (χ0) is 24.7. The van der Waals surface area contributed by atoms with E-state index in [-0.39, 0.29) is 48.5 Å². The van der Waals surface area contributed by atoms with E-state index in [1.807, 2.05) is 9.80 Å². The molecule has 38 heavy (non-hydrogen) atoms. The monoisotopic (exact) mass is 569 g/mol. The van der Waals surface area contributed by atoms with E-state index in [0.717, 1.165) is 43.9 Å². The highest BCUT2D eigenvalue weighted by molar-refractivity contribution is 5.85. The van der Waals surface area contributed by atoms with Gasteiger partial charge in [-0.3, -0.25) is 9.59 Å². The number of halogens is 2. The molecule has 4 heterocycles. The number of nitrogens with zero attached hydrogens (tertiary/aromatic N) is 3. The number of ether oxygens (including phenoxy) is 2. The predicted octanol–water partition coefficient (Wildman–Crippen LogP) is 1.69. The van der Waals surface area contributed by atoms with Crippen molar-refractivity contribution in [2.75, 3.05) is 83.6 Å². The van der Waals surface area contributed by atoms with Gasteiger partial charge >= 0.3 is 0 Å². The van der Waals surface area contributed by atoms with Gasteiger partial charge in [-0.15, -0.1) is 24.8 Å². The molecule has 2 atom stereocenters. The SMILES string of the molecule is Cl.Cl.O=C(C[C@@H]1CCN2C[C@@H]1/C=C/COc1ccc(N3CCNCC3)cc1CNCC2=O)N1CCOCC1. The van der Waals surface area contributed by atoms with E-state index in [9.17, 15) is 9.59 Å². The number of nitrogens with one attached hydrogen (secondary N) is 2. The number of piperidine rings is 1. The summed E-state index contributed by atoms with van der Waals surface area (Å²) in [6.45, 7) is 9.22. The fourth-order valence-electron chi connectivity index (χ4n) is 5.64. The summed E-state index contributed by atoms with van der Waals surface area (Å²) in [4.78, 5) is 32.2. The maximum atomic E-state index is 13.0. The second-order valence-corrected chi connectivity index (χ2v) is 10.1. The first-order valence-electron chi connectivity index (χ1n) is 13.4. The lowest BCUT2D eigenvalue weighted by molar-refractivity contribution is -0.137. The maximum absolute atomic E-state index is 13.0. The molecule has 2 N–H and O–H groups in total. The highest BCUT2D eigenvalue weighted by atomic mass is 35.5. The molecule has 0 unspecified atom stereocenters. The molecule has 0 aromatic heterocycles. The van der Waals surface area contributed by atoms with Crippen LogP contribution in [0.4, 0.5) is 5.69 Å². The second kappa shape index (κ2) is 14.9. The Bertz CT molecular complexity index is 953. The Hall–Kier alpha value is -2.04. The molecule has 4 aliphatic rings. The number of amides is 2. The molecule has 4 aliphatic heterocycles. The zero-order valence-corrected chi connectivity index (χ0v) is 23.6. The fourth-order valence-corrected chi connectivity index (χ4v) is 5.64. The van der Waals surface area contributed by atoms with Gasteiger partial charge in [0.25, 0.3) is 0 Å². The molecule has 2 amide bonds. The van der Waals surface area contributed by atoms with Crippen LogP contribution < -0.4 is 20.3 Å². The third-order valence-corrected chi connectivity index (χ3v) is 7.80. The number of piperazine rings is 1. The van der Waals surface area contributed by atoms with E-state index < -0.39 is 0 Å². The number of fused-ring (bicyclic) bond motifs is 3. The molecule has 2 bridgehead atoms. The molecule has 212 valence electrons. The minimum Gasteiger partial charge on any atom is -0.489 e. The number of carbonyl (C=O) groups is 2. The van der Waals surface area contributed by atoms with Crippen molar-refractivity contribution < 1.29 is 19.1 Å². The van der Waals surface area contributed by atoms with Crippen LogP contribution in [0.15, 0.2) is 30.4 Å². The van der Waals surface area contributed by atoms with Gasteiger partial charge in [-0.25, -0.2) is 0 Å². The normalized spacial score (nSPS) is 25.3. The minimum atomic E-state index is 0. The molecule has 1 aromatic rings. The molecular formula is C27H41Cl2N5O4. The second-order valence-electron chi connectivity index (χ2n) is 10.1. The summed E-state index contributed by atoms with van der Waals surface area (Å²) in [5, 5.41) is 6.75. The van der Waals surface area contributed by atoms with Crippen LogP contribution in [0.25, 0.3) is 0 Å². The molecule has 0 radical (unpaired) electrons. The van der Waals surface area contributed by atoms with Crippen molar-refractivity contribution in [2.45, 2.75) is 19.4 Å². The summed E-state index contributed by atoms with van der Waals surface area (Å²) in [6, 6.07) is 6.37. The highest BCUT2D eigenvalue weighted by Crippen LogP contribution is 2.30. The van der Waals surface area contributed by atoms with Gasteiger partial charge in [0.15, 0.2) is 0 Å². The third kappa shape index (κ3) is 7.76. The van der Waals surface area contributed by atoms with E-state index >= 15 is 0 Å². The standard InChI is InChI=1S/C27H39N5O4.2ClH/c33-26(31-11-14-35-15-12-31)17-21-5-8-32-20-22(21)2-1-13-36-25-4-3-24(30-9-6-28-7-10-30)16-23(25)18-29-19-27(32)34;;/h1-4,16,21-22,28-29H,5-15,17-20H2;2*1H/b2-1+;;/t21-,22-;;/m0../s1. The smallest absolute Gasteiger partial charge is 0.236 e. The summed E-state index contributed by atoms with van der Waals surface area (Å²) in [5.74, 6) is 1.54. The molecule has 3 fully saturated rings. The number of carbonyl (C=O) groups excluding carboxylic acids is 2. The van der Waals surface area contributed by atoms with Gasteiger partial charge in [-0.05, 0) is 36.5 Å². The molecular weight excluding hydrogens is 529 g/mol. The van der Waals surface area contributed by atoms with Crippen molar-refractivity contribution in [1.82, 2.24) is 20.4 Å². The van der Waals surface area contributed by atoms with E-state index in [0.29, 0.717) is 65.5 Å². The van der Waals surface area contributed by atoms with Gasteiger partial charge in [0.1, 0.15) is 12.4 Å². The van der Waals surface area contributed by atoms with Crippen LogP contribution in [0.2, 0.25) is 0 Å². The first kappa shape index (κ1) is 30.5. The van der Waals surface area contributed by atoms with Crippen molar-refractivity contribution >= 4 is 42.3 Å². The molecule has 3 saturated heterocycles. The number of morpholine rings is 1. The highest BCUT2D eigenvalue weighted by Gasteiger charge is 2.32. The Morgan fingerprint density at radius 3 is 2.55 bits per heavy atom. The van der Waals surface area contributed by atoms with Crippen LogP contribution in [-0.2, 0) is 20.9 Å². The molecule has 0 saturated carbocycles. The Morgan fingerprint density at radius 2 is 1.76 bits per heavy atom. The summed E-state index contributed by atoms with van der Waals surface area (Å²) in [6.07, 6.45) is 5.58. The van der Waals surface area contributed by atoms with Gasteiger partial charge < -0.3 is 34.8 Å². The number of benzene rings is 1. The van der Waals surface area contributed by atoms with Gasteiger partial charge in [0, 0.05) is 76.6 Å². The number of anilines is 1. The Labute approximate surface area is 238 Å². The van der Waals surface area contributed by atoms with Crippen LogP contribution in [0, 0.1) is 11.8 Å². The van der Waals surface area contributed by atoms with Gasteiger partial charge in [-0.2, -0.15) is 0 Å². The van der Waals surface area contributed by atoms with Crippen molar-refractivity contribution in [3.05, 3.63) is 35.9 Å². The number of hydrogen-bond acceptors (Lipinski definition) is 7. The van der Waals surface area contributed by atoms with Crippen molar-refractivity contribution in [2.24, 2.45) is 11.8 Å². The molecule has 0 aliphatic carbocycles. The van der Waals surface area contributed by atoms with Crippen LogP contribution in [0.5, 0.6) is 5.75 Å². The number of rotatable bonds is 3. The van der Waals surface area contributed by atoms with Crippen molar-refractivity contribution in [1.29, 1.82) is 0 Å². The van der Waals surface area contributed by atoms with Crippen molar-refractivity contribution in [3.63, 3.8) is 0 Å². The summed E-state index contributed by atoms with van der Waals surface area (Å²) in [7, 11) is 0. The van der Waals surface area contributed by atoms with Gasteiger partial charge in [-0.1, -0.05) is 12.2 Å². The molecule has 1 aromatic carbocycles. The van der Waals surface area contributed by atoms with Crippen LogP contribution in [0.3, 0.4) is 0 Å². The third-order valence-electron chi connectivity index (χ3n) is 7.80. The van der Waals surface area contributed by atoms with Crippen LogP contribution in [0.1, 0.15) is 18.4 Å².